The molecule has 2 aliphatic carbocycles. The van der Waals surface area contributed by atoms with Crippen LogP contribution in [0.4, 0.5) is 0 Å². The van der Waals surface area contributed by atoms with Crippen LogP contribution in [0.15, 0.2) is 0 Å². The number of hydrogen-bond acceptors (Lipinski definition) is 3. The van der Waals surface area contributed by atoms with E-state index in [1.54, 1.807) is 0 Å². The van der Waals surface area contributed by atoms with Crippen LogP contribution in [-0.4, -0.2) is 31.2 Å². The number of carbonyl (C=O) groups excluding carboxylic acids is 1. The highest BCUT2D eigenvalue weighted by atomic mass is 16.5. The lowest BCUT2D eigenvalue weighted by Gasteiger charge is -2.36. The molecular formula is C19H34O3. The van der Waals surface area contributed by atoms with Crippen LogP contribution in [0, 0.1) is 11.3 Å². The number of ether oxygens (including phenoxy) is 2. The molecule has 0 aromatic heterocycles. The fourth-order valence-electron chi connectivity index (χ4n) is 3.79. The Morgan fingerprint density at radius 3 is 1.82 bits per heavy atom. The Kier molecular flexibility index (Phi) is 6.88. The summed E-state index contributed by atoms with van der Waals surface area (Å²) in [6, 6.07) is 0. The molecule has 0 aromatic carbocycles. The summed E-state index contributed by atoms with van der Waals surface area (Å²) in [5, 5.41) is 0. The summed E-state index contributed by atoms with van der Waals surface area (Å²) in [5.74, 6) is 0.890. The van der Waals surface area contributed by atoms with Crippen molar-refractivity contribution in [3.05, 3.63) is 0 Å². The van der Waals surface area contributed by atoms with Crippen molar-refractivity contribution in [2.24, 2.45) is 11.3 Å². The Hall–Kier alpha value is -0.410. The van der Waals surface area contributed by atoms with Crippen molar-refractivity contribution in [3.8, 4) is 0 Å². The molecule has 0 unspecified atom stereocenters. The molecule has 0 radical (unpaired) electrons. The van der Waals surface area contributed by atoms with Gasteiger partial charge in [0.15, 0.2) is 5.78 Å². The van der Waals surface area contributed by atoms with Crippen molar-refractivity contribution >= 4 is 5.78 Å². The summed E-state index contributed by atoms with van der Waals surface area (Å²) in [6.45, 7) is 7.44. The van der Waals surface area contributed by atoms with Gasteiger partial charge in [0.2, 0.25) is 0 Å². The monoisotopic (exact) mass is 310 g/mol. The van der Waals surface area contributed by atoms with Gasteiger partial charge in [0.25, 0.3) is 0 Å². The smallest absolute Gasteiger partial charge is 0.184 e. The van der Waals surface area contributed by atoms with Crippen molar-refractivity contribution in [3.63, 3.8) is 0 Å². The Balaban J connectivity index is 1.57. The molecule has 2 saturated carbocycles. The maximum Gasteiger partial charge on any atom is 0.184 e. The van der Waals surface area contributed by atoms with Crippen molar-refractivity contribution in [2.45, 2.75) is 90.8 Å². The highest BCUT2D eigenvalue weighted by molar-refractivity contribution is 5.80. The molecule has 2 fully saturated rings. The summed E-state index contributed by atoms with van der Waals surface area (Å²) < 4.78 is 11.5. The molecule has 2 aliphatic rings. The summed E-state index contributed by atoms with van der Waals surface area (Å²) >= 11 is 0. The van der Waals surface area contributed by atoms with Gasteiger partial charge in [0, 0.05) is 0 Å². The predicted molar refractivity (Wildman–Crippen MR) is 89.0 cm³/mol. The fourth-order valence-corrected chi connectivity index (χ4v) is 3.79. The number of hydrogen-bond donors (Lipinski definition) is 0. The predicted octanol–water partition coefficient (Wildman–Crippen LogP) is 4.53. The van der Waals surface area contributed by atoms with Gasteiger partial charge < -0.3 is 9.47 Å². The lowest BCUT2D eigenvalue weighted by atomic mass is 9.72. The molecule has 0 bridgehead atoms. The standard InChI is InChI=1S/C19H34O3/c1-19(2,3)15-9-11-18(12-10-15)22-14-16(20)13-21-17-7-5-4-6-8-17/h15,17-18H,4-14H2,1-3H3. The number of rotatable bonds is 6. The van der Waals surface area contributed by atoms with Crippen LogP contribution in [0.3, 0.4) is 0 Å². The van der Waals surface area contributed by atoms with Crippen LogP contribution >= 0.6 is 0 Å². The first-order valence-corrected chi connectivity index (χ1v) is 9.20. The molecule has 3 nitrogen and oxygen atoms in total. The van der Waals surface area contributed by atoms with Crippen molar-refractivity contribution in [2.75, 3.05) is 13.2 Å². The van der Waals surface area contributed by atoms with E-state index < -0.39 is 0 Å². The SMILES string of the molecule is CC(C)(C)C1CCC(OCC(=O)COC2CCCCC2)CC1. The lowest BCUT2D eigenvalue weighted by Crippen LogP contribution is -2.31. The van der Waals surface area contributed by atoms with E-state index in [9.17, 15) is 4.79 Å². The van der Waals surface area contributed by atoms with E-state index >= 15 is 0 Å². The van der Waals surface area contributed by atoms with Gasteiger partial charge in [0.1, 0.15) is 13.2 Å². The van der Waals surface area contributed by atoms with Gasteiger partial charge in [0.05, 0.1) is 12.2 Å². The van der Waals surface area contributed by atoms with E-state index in [0.717, 1.165) is 31.6 Å². The number of ketones is 1. The van der Waals surface area contributed by atoms with E-state index in [4.69, 9.17) is 9.47 Å². The zero-order valence-electron chi connectivity index (χ0n) is 14.7. The molecule has 3 heteroatoms. The minimum absolute atomic E-state index is 0.100. The molecule has 0 amide bonds. The van der Waals surface area contributed by atoms with Crippen LogP contribution in [0.2, 0.25) is 0 Å². The number of Topliss-reactive ketones (excluding diaryl/α,β-unsaturated/α-hetero) is 1. The van der Waals surface area contributed by atoms with Gasteiger partial charge in [-0.3, -0.25) is 4.79 Å². The van der Waals surface area contributed by atoms with E-state index in [1.165, 1.54) is 32.1 Å². The van der Waals surface area contributed by atoms with Gasteiger partial charge in [-0.25, -0.2) is 0 Å². The highest BCUT2D eigenvalue weighted by Crippen LogP contribution is 2.38. The van der Waals surface area contributed by atoms with Gasteiger partial charge in [-0.1, -0.05) is 40.0 Å². The molecule has 0 aliphatic heterocycles. The lowest BCUT2D eigenvalue weighted by molar-refractivity contribution is -0.133. The van der Waals surface area contributed by atoms with Crippen molar-refractivity contribution < 1.29 is 14.3 Å². The normalized spacial score (nSPS) is 27.8. The maximum atomic E-state index is 11.9. The van der Waals surface area contributed by atoms with Crippen LogP contribution in [0.5, 0.6) is 0 Å². The second kappa shape index (κ2) is 8.44. The summed E-state index contributed by atoms with van der Waals surface area (Å²) in [6.07, 6.45) is 11.2. The molecule has 0 atom stereocenters. The Morgan fingerprint density at radius 2 is 1.32 bits per heavy atom. The third-order valence-electron chi connectivity index (χ3n) is 5.41. The second-order valence-electron chi connectivity index (χ2n) is 8.26. The van der Waals surface area contributed by atoms with E-state index in [2.05, 4.69) is 20.8 Å². The molecule has 128 valence electrons. The fraction of sp³-hybridized carbons (Fsp3) is 0.947. The molecule has 22 heavy (non-hydrogen) atoms. The maximum absolute atomic E-state index is 11.9. The topological polar surface area (TPSA) is 35.5 Å². The molecule has 0 saturated heterocycles. The van der Waals surface area contributed by atoms with E-state index in [0.29, 0.717) is 11.5 Å². The van der Waals surface area contributed by atoms with E-state index in [-0.39, 0.29) is 25.1 Å². The molecule has 0 N–H and O–H groups in total. The average molecular weight is 310 g/mol. The first-order valence-electron chi connectivity index (χ1n) is 9.20. The summed E-state index contributed by atoms with van der Waals surface area (Å²) in [7, 11) is 0. The first kappa shape index (κ1) is 17.9. The van der Waals surface area contributed by atoms with Crippen molar-refractivity contribution in [1.29, 1.82) is 0 Å². The second-order valence-corrected chi connectivity index (χ2v) is 8.26. The molecular weight excluding hydrogens is 276 g/mol. The zero-order chi connectivity index (χ0) is 16.0. The van der Waals surface area contributed by atoms with Crippen LogP contribution in [-0.2, 0) is 14.3 Å². The molecule has 0 heterocycles. The summed E-state index contributed by atoms with van der Waals surface area (Å²) in [4.78, 5) is 11.9. The Morgan fingerprint density at radius 1 is 0.818 bits per heavy atom. The third-order valence-corrected chi connectivity index (χ3v) is 5.41. The van der Waals surface area contributed by atoms with E-state index in [1.807, 2.05) is 0 Å². The number of carbonyl (C=O) groups is 1. The zero-order valence-corrected chi connectivity index (χ0v) is 14.7. The minimum atomic E-state index is 0.100. The summed E-state index contributed by atoms with van der Waals surface area (Å²) in [5.41, 5.74) is 0.397. The van der Waals surface area contributed by atoms with Crippen LogP contribution in [0.1, 0.15) is 78.6 Å². The minimum Gasteiger partial charge on any atom is -0.370 e. The van der Waals surface area contributed by atoms with Gasteiger partial charge in [-0.15, -0.1) is 0 Å². The average Bonchev–Trinajstić information content (AvgIpc) is 2.51. The van der Waals surface area contributed by atoms with Crippen LogP contribution < -0.4 is 0 Å². The van der Waals surface area contributed by atoms with Gasteiger partial charge in [-0.2, -0.15) is 0 Å². The largest absolute Gasteiger partial charge is 0.370 e. The molecule has 2 rings (SSSR count). The van der Waals surface area contributed by atoms with Gasteiger partial charge >= 0.3 is 0 Å². The molecule has 0 aromatic rings. The van der Waals surface area contributed by atoms with Crippen molar-refractivity contribution in [1.82, 2.24) is 0 Å². The van der Waals surface area contributed by atoms with Crippen LogP contribution in [0.25, 0.3) is 0 Å². The Bertz CT molecular complexity index is 331. The quantitative estimate of drug-likeness (QED) is 0.723. The third kappa shape index (κ3) is 6.00. The Labute approximate surface area is 136 Å². The molecule has 0 spiro atoms. The van der Waals surface area contributed by atoms with Gasteiger partial charge in [-0.05, 0) is 49.9 Å². The highest BCUT2D eigenvalue weighted by Gasteiger charge is 2.30. The first-order chi connectivity index (χ1) is 10.4.